The van der Waals surface area contributed by atoms with Crippen molar-refractivity contribution in [2.24, 2.45) is 0 Å². The molecule has 1 unspecified atom stereocenters. The molecule has 1 aliphatic rings. The Morgan fingerprint density at radius 3 is 2.30 bits per heavy atom. The van der Waals surface area contributed by atoms with Crippen molar-refractivity contribution >= 4 is 11.9 Å². The average Bonchev–Trinajstić information content (AvgIpc) is 2.39. The first-order valence-electron chi connectivity index (χ1n) is 3.73. The van der Waals surface area contributed by atoms with Crippen LogP contribution < -0.4 is 0 Å². The Morgan fingerprint density at radius 1 is 1.50 bits per heavy atom. The lowest BCUT2D eigenvalue weighted by Crippen LogP contribution is -2.19. The SMILES string of the molecule is CC.CSN1COCC1C. The molecular formula is C7H17NOS. The lowest BCUT2D eigenvalue weighted by Gasteiger charge is -2.12. The molecule has 3 heteroatoms. The normalized spacial score (nSPS) is 25.8. The zero-order chi connectivity index (χ0) is 7.98. The summed E-state index contributed by atoms with van der Waals surface area (Å²) in [6, 6.07) is 0.602. The van der Waals surface area contributed by atoms with Crippen molar-refractivity contribution in [3.8, 4) is 0 Å². The standard InChI is InChI=1S/C5H11NOS.C2H6/c1-5-3-7-4-6(5)8-2;1-2/h5H,3-4H2,1-2H3;1-2H3. The first kappa shape index (κ1) is 10.3. The Morgan fingerprint density at radius 2 is 2.10 bits per heavy atom. The van der Waals surface area contributed by atoms with Crippen LogP contribution in [0.15, 0.2) is 0 Å². The molecule has 0 aromatic heterocycles. The van der Waals surface area contributed by atoms with Gasteiger partial charge in [-0.2, -0.15) is 0 Å². The van der Waals surface area contributed by atoms with Crippen molar-refractivity contribution in [3.05, 3.63) is 0 Å². The molecule has 0 aromatic rings. The van der Waals surface area contributed by atoms with Gasteiger partial charge in [-0.05, 0) is 13.2 Å². The number of ether oxygens (including phenoxy) is 1. The van der Waals surface area contributed by atoms with Crippen molar-refractivity contribution in [2.45, 2.75) is 26.8 Å². The summed E-state index contributed by atoms with van der Waals surface area (Å²) in [6.45, 7) is 7.85. The molecule has 1 atom stereocenters. The molecule has 1 heterocycles. The van der Waals surface area contributed by atoms with Gasteiger partial charge in [-0.15, -0.1) is 0 Å². The van der Waals surface area contributed by atoms with Gasteiger partial charge in [0.2, 0.25) is 0 Å². The molecule has 0 aromatic carbocycles. The third kappa shape index (κ3) is 2.90. The summed E-state index contributed by atoms with van der Waals surface area (Å²) in [5, 5.41) is 0. The Bertz CT molecular complexity index is 80.0. The molecule has 62 valence electrons. The van der Waals surface area contributed by atoms with Gasteiger partial charge in [0.15, 0.2) is 0 Å². The molecule has 0 radical (unpaired) electrons. The van der Waals surface area contributed by atoms with Gasteiger partial charge in [0.25, 0.3) is 0 Å². The van der Waals surface area contributed by atoms with Crippen LogP contribution in [-0.2, 0) is 4.74 Å². The first-order valence-corrected chi connectivity index (χ1v) is 4.91. The van der Waals surface area contributed by atoms with Crippen LogP contribution in [0, 0.1) is 0 Å². The van der Waals surface area contributed by atoms with Crippen molar-refractivity contribution in [2.75, 3.05) is 19.6 Å². The fourth-order valence-electron chi connectivity index (χ4n) is 0.756. The predicted octanol–water partition coefficient (Wildman–Crippen LogP) is 1.97. The van der Waals surface area contributed by atoms with E-state index < -0.39 is 0 Å². The first-order chi connectivity index (χ1) is 4.84. The molecule has 10 heavy (non-hydrogen) atoms. The van der Waals surface area contributed by atoms with E-state index in [1.165, 1.54) is 0 Å². The Hall–Kier alpha value is 0.270. The van der Waals surface area contributed by atoms with E-state index in [0.717, 1.165) is 13.3 Å². The third-order valence-electron chi connectivity index (χ3n) is 1.30. The topological polar surface area (TPSA) is 12.5 Å². The highest BCUT2D eigenvalue weighted by atomic mass is 32.2. The molecule has 0 spiro atoms. The monoisotopic (exact) mass is 163 g/mol. The summed E-state index contributed by atoms with van der Waals surface area (Å²) in [7, 11) is 0. The molecule has 0 N–H and O–H groups in total. The molecule has 0 bridgehead atoms. The van der Waals surface area contributed by atoms with Crippen molar-refractivity contribution in [1.82, 2.24) is 4.31 Å². The molecule has 1 rings (SSSR count). The number of hydrogen-bond donors (Lipinski definition) is 0. The van der Waals surface area contributed by atoms with E-state index in [1.807, 2.05) is 13.8 Å². The highest BCUT2D eigenvalue weighted by Crippen LogP contribution is 2.15. The van der Waals surface area contributed by atoms with Crippen LogP contribution in [0.3, 0.4) is 0 Å². The van der Waals surface area contributed by atoms with E-state index >= 15 is 0 Å². The Balaban J connectivity index is 0.000000371. The van der Waals surface area contributed by atoms with Crippen molar-refractivity contribution in [1.29, 1.82) is 0 Å². The van der Waals surface area contributed by atoms with Crippen LogP contribution in [0.2, 0.25) is 0 Å². The minimum Gasteiger partial charge on any atom is -0.364 e. The van der Waals surface area contributed by atoms with Crippen molar-refractivity contribution < 1.29 is 4.74 Å². The van der Waals surface area contributed by atoms with E-state index in [0.29, 0.717) is 6.04 Å². The minimum atomic E-state index is 0.602. The maximum atomic E-state index is 5.17. The van der Waals surface area contributed by atoms with E-state index in [4.69, 9.17) is 4.74 Å². The molecule has 1 aliphatic heterocycles. The van der Waals surface area contributed by atoms with Crippen LogP contribution in [0.25, 0.3) is 0 Å². The summed E-state index contributed by atoms with van der Waals surface area (Å²) in [5.74, 6) is 0. The summed E-state index contributed by atoms with van der Waals surface area (Å²) in [4.78, 5) is 0. The van der Waals surface area contributed by atoms with Gasteiger partial charge in [0.1, 0.15) is 6.73 Å². The van der Waals surface area contributed by atoms with Gasteiger partial charge >= 0.3 is 0 Å². The van der Waals surface area contributed by atoms with Crippen LogP contribution in [-0.4, -0.2) is 29.9 Å². The highest BCUT2D eigenvalue weighted by Gasteiger charge is 2.18. The van der Waals surface area contributed by atoms with Gasteiger partial charge in [-0.1, -0.05) is 25.8 Å². The van der Waals surface area contributed by atoms with E-state index in [9.17, 15) is 0 Å². The molecule has 0 aliphatic carbocycles. The predicted molar refractivity (Wildman–Crippen MR) is 47.0 cm³/mol. The Kier molecular flexibility index (Phi) is 6.17. The lowest BCUT2D eigenvalue weighted by atomic mass is 10.4. The molecule has 0 saturated carbocycles. The van der Waals surface area contributed by atoms with E-state index in [-0.39, 0.29) is 0 Å². The molecule has 2 nitrogen and oxygen atoms in total. The molecular weight excluding hydrogens is 146 g/mol. The highest BCUT2D eigenvalue weighted by molar-refractivity contribution is 7.96. The smallest absolute Gasteiger partial charge is 0.108 e. The minimum absolute atomic E-state index is 0.602. The largest absolute Gasteiger partial charge is 0.364 e. The second-order valence-corrected chi connectivity index (χ2v) is 2.78. The van der Waals surface area contributed by atoms with Gasteiger partial charge < -0.3 is 4.74 Å². The maximum Gasteiger partial charge on any atom is 0.108 e. The number of nitrogens with zero attached hydrogens (tertiary/aromatic N) is 1. The zero-order valence-electron chi connectivity index (χ0n) is 7.26. The molecule has 1 fully saturated rings. The summed E-state index contributed by atoms with van der Waals surface area (Å²) in [6.07, 6.45) is 2.07. The molecule has 0 amide bonds. The number of rotatable bonds is 1. The van der Waals surface area contributed by atoms with Crippen LogP contribution >= 0.6 is 11.9 Å². The fourth-order valence-corrected chi connectivity index (χ4v) is 1.36. The average molecular weight is 163 g/mol. The second kappa shape index (κ2) is 6.01. The van der Waals surface area contributed by atoms with Crippen LogP contribution in [0.4, 0.5) is 0 Å². The number of hydrogen-bond acceptors (Lipinski definition) is 3. The van der Waals surface area contributed by atoms with E-state index in [2.05, 4.69) is 17.5 Å². The van der Waals surface area contributed by atoms with Gasteiger partial charge in [0.05, 0.1) is 6.61 Å². The summed E-state index contributed by atoms with van der Waals surface area (Å²) in [5.41, 5.74) is 0. The fraction of sp³-hybridized carbons (Fsp3) is 1.00. The van der Waals surface area contributed by atoms with Gasteiger partial charge in [-0.25, -0.2) is 4.31 Å². The second-order valence-electron chi connectivity index (χ2n) is 1.95. The molecule has 1 saturated heterocycles. The van der Waals surface area contributed by atoms with E-state index in [1.54, 1.807) is 11.9 Å². The quantitative estimate of drug-likeness (QED) is 0.548. The maximum absolute atomic E-state index is 5.17. The van der Waals surface area contributed by atoms with Crippen molar-refractivity contribution in [3.63, 3.8) is 0 Å². The van der Waals surface area contributed by atoms with Gasteiger partial charge in [0, 0.05) is 6.04 Å². The zero-order valence-corrected chi connectivity index (χ0v) is 8.07. The summed E-state index contributed by atoms with van der Waals surface area (Å²) >= 11 is 1.75. The summed E-state index contributed by atoms with van der Waals surface area (Å²) < 4.78 is 7.39. The Labute approximate surface area is 68.1 Å². The lowest BCUT2D eigenvalue weighted by molar-refractivity contribution is 0.175. The third-order valence-corrected chi connectivity index (χ3v) is 2.24. The van der Waals surface area contributed by atoms with Crippen LogP contribution in [0.1, 0.15) is 20.8 Å². The van der Waals surface area contributed by atoms with Crippen LogP contribution in [0.5, 0.6) is 0 Å². The van der Waals surface area contributed by atoms with Gasteiger partial charge in [-0.3, -0.25) is 0 Å².